The van der Waals surface area contributed by atoms with E-state index in [9.17, 15) is 9.59 Å². The second-order valence-corrected chi connectivity index (χ2v) is 5.13. The summed E-state index contributed by atoms with van der Waals surface area (Å²) in [7, 11) is 1.75. The van der Waals surface area contributed by atoms with Crippen molar-refractivity contribution in [3.63, 3.8) is 0 Å². The van der Waals surface area contributed by atoms with Crippen molar-refractivity contribution in [3.05, 3.63) is 29.6 Å². The SMILES string of the molecule is Cc1ccnc(C[C@H](C)N(C)C(=O)CCCC(=O)O)c1. The number of carbonyl (C=O) groups is 2. The van der Waals surface area contributed by atoms with Crippen molar-refractivity contribution >= 4 is 11.9 Å². The number of carboxylic acid groups (broad SMARTS) is 1. The van der Waals surface area contributed by atoms with Gasteiger partial charge in [-0.05, 0) is 38.0 Å². The summed E-state index contributed by atoms with van der Waals surface area (Å²) in [6.07, 6.45) is 3.16. The zero-order valence-corrected chi connectivity index (χ0v) is 12.3. The summed E-state index contributed by atoms with van der Waals surface area (Å²) in [6, 6.07) is 4.00. The molecular weight excluding hydrogens is 256 g/mol. The topological polar surface area (TPSA) is 70.5 Å². The Balaban J connectivity index is 2.47. The standard InChI is InChI=1S/C15H22N2O3/c1-11-7-8-16-13(9-11)10-12(2)17(3)14(18)5-4-6-15(19)20/h7-9,12H,4-6,10H2,1-3H3,(H,19,20)/t12-/m0/s1. The van der Waals surface area contributed by atoms with Gasteiger partial charge in [-0.15, -0.1) is 0 Å². The highest BCUT2D eigenvalue weighted by Crippen LogP contribution is 2.09. The number of nitrogens with zero attached hydrogens (tertiary/aromatic N) is 2. The van der Waals surface area contributed by atoms with E-state index in [1.807, 2.05) is 26.0 Å². The minimum atomic E-state index is -0.863. The fourth-order valence-corrected chi connectivity index (χ4v) is 1.96. The number of likely N-dealkylation sites (N-methyl/N-ethyl adjacent to an activating group) is 1. The summed E-state index contributed by atoms with van der Waals surface area (Å²) in [5.74, 6) is -0.885. The first kappa shape index (κ1) is 16.1. The number of carbonyl (C=O) groups excluding carboxylic acids is 1. The average Bonchev–Trinajstić information content (AvgIpc) is 2.37. The number of aliphatic carboxylic acids is 1. The van der Waals surface area contributed by atoms with Crippen LogP contribution in [0.1, 0.15) is 37.4 Å². The quantitative estimate of drug-likeness (QED) is 0.828. The van der Waals surface area contributed by atoms with E-state index in [0.29, 0.717) is 12.8 Å². The summed E-state index contributed by atoms with van der Waals surface area (Å²) in [4.78, 5) is 28.3. The molecule has 1 rings (SSSR count). The van der Waals surface area contributed by atoms with Crippen molar-refractivity contribution in [2.75, 3.05) is 7.05 Å². The molecule has 0 aromatic carbocycles. The third-order valence-corrected chi connectivity index (χ3v) is 3.31. The van der Waals surface area contributed by atoms with E-state index in [1.54, 1.807) is 18.1 Å². The first-order valence-corrected chi connectivity index (χ1v) is 6.79. The molecule has 5 nitrogen and oxygen atoms in total. The van der Waals surface area contributed by atoms with Crippen molar-refractivity contribution in [2.45, 2.75) is 45.6 Å². The molecule has 110 valence electrons. The third kappa shape index (κ3) is 5.38. The van der Waals surface area contributed by atoms with Crippen molar-refractivity contribution in [1.29, 1.82) is 0 Å². The zero-order valence-electron chi connectivity index (χ0n) is 12.3. The Morgan fingerprint density at radius 3 is 2.70 bits per heavy atom. The van der Waals surface area contributed by atoms with E-state index in [-0.39, 0.29) is 24.8 Å². The average molecular weight is 278 g/mol. The summed E-state index contributed by atoms with van der Waals surface area (Å²) in [6.45, 7) is 3.98. The van der Waals surface area contributed by atoms with Gasteiger partial charge in [-0.1, -0.05) is 0 Å². The highest BCUT2D eigenvalue weighted by atomic mass is 16.4. The van der Waals surface area contributed by atoms with Crippen molar-refractivity contribution < 1.29 is 14.7 Å². The summed E-state index contributed by atoms with van der Waals surface area (Å²) >= 11 is 0. The molecule has 0 fully saturated rings. The van der Waals surface area contributed by atoms with Crippen LogP contribution >= 0.6 is 0 Å². The fourth-order valence-electron chi connectivity index (χ4n) is 1.96. The van der Waals surface area contributed by atoms with Gasteiger partial charge in [0, 0.05) is 44.2 Å². The number of amides is 1. The van der Waals surface area contributed by atoms with Crippen LogP contribution in [0.2, 0.25) is 0 Å². The van der Waals surface area contributed by atoms with E-state index in [2.05, 4.69) is 4.98 Å². The van der Waals surface area contributed by atoms with Gasteiger partial charge in [0.2, 0.25) is 5.91 Å². The van der Waals surface area contributed by atoms with Crippen LogP contribution in [0.3, 0.4) is 0 Å². The maximum atomic E-state index is 11.9. The van der Waals surface area contributed by atoms with Crippen LogP contribution in [0.15, 0.2) is 18.3 Å². The van der Waals surface area contributed by atoms with Gasteiger partial charge in [-0.2, -0.15) is 0 Å². The lowest BCUT2D eigenvalue weighted by Gasteiger charge is -2.25. The maximum Gasteiger partial charge on any atom is 0.303 e. The number of aromatic nitrogens is 1. The predicted octanol–water partition coefficient (Wildman–Crippen LogP) is 2.03. The van der Waals surface area contributed by atoms with Crippen LogP contribution in [0.4, 0.5) is 0 Å². The van der Waals surface area contributed by atoms with Gasteiger partial charge in [0.05, 0.1) is 0 Å². The van der Waals surface area contributed by atoms with Crippen molar-refractivity contribution in [1.82, 2.24) is 9.88 Å². The van der Waals surface area contributed by atoms with Gasteiger partial charge in [0.25, 0.3) is 0 Å². The van der Waals surface area contributed by atoms with Crippen LogP contribution in [0.5, 0.6) is 0 Å². The Morgan fingerprint density at radius 1 is 1.40 bits per heavy atom. The Hall–Kier alpha value is -1.91. The Kier molecular flexibility index (Phi) is 6.15. The fraction of sp³-hybridized carbons (Fsp3) is 0.533. The molecular formula is C15H22N2O3. The van der Waals surface area contributed by atoms with Crippen LogP contribution in [0.25, 0.3) is 0 Å². The minimum Gasteiger partial charge on any atom is -0.481 e. The first-order chi connectivity index (χ1) is 9.40. The van der Waals surface area contributed by atoms with E-state index >= 15 is 0 Å². The molecule has 20 heavy (non-hydrogen) atoms. The molecule has 1 aromatic heterocycles. The van der Waals surface area contributed by atoms with E-state index in [1.165, 1.54) is 0 Å². The number of hydrogen-bond acceptors (Lipinski definition) is 3. The molecule has 1 amide bonds. The predicted molar refractivity (Wildman–Crippen MR) is 76.4 cm³/mol. The molecule has 1 atom stereocenters. The normalized spacial score (nSPS) is 11.9. The van der Waals surface area contributed by atoms with Gasteiger partial charge in [0.15, 0.2) is 0 Å². The lowest BCUT2D eigenvalue weighted by molar-refractivity contribution is -0.137. The van der Waals surface area contributed by atoms with Crippen LogP contribution in [0, 0.1) is 6.92 Å². The van der Waals surface area contributed by atoms with Crippen molar-refractivity contribution in [3.8, 4) is 0 Å². The highest BCUT2D eigenvalue weighted by molar-refractivity contribution is 5.77. The number of carboxylic acids is 1. The molecule has 5 heteroatoms. The molecule has 0 radical (unpaired) electrons. The molecule has 1 N–H and O–H groups in total. The molecule has 0 spiro atoms. The molecule has 0 bridgehead atoms. The second-order valence-electron chi connectivity index (χ2n) is 5.13. The highest BCUT2D eigenvalue weighted by Gasteiger charge is 2.16. The summed E-state index contributed by atoms with van der Waals surface area (Å²) in [5, 5.41) is 8.56. The molecule has 0 aliphatic heterocycles. The summed E-state index contributed by atoms with van der Waals surface area (Å²) < 4.78 is 0. The number of aryl methyl sites for hydroxylation is 1. The Labute approximate surface area is 119 Å². The maximum absolute atomic E-state index is 11.9. The van der Waals surface area contributed by atoms with Crippen LogP contribution in [-0.4, -0.2) is 40.0 Å². The zero-order chi connectivity index (χ0) is 15.1. The van der Waals surface area contributed by atoms with Gasteiger partial charge in [-0.3, -0.25) is 14.6 Å². The molecule has 1 aromatic rings. The second kappa shape index (κ2) is 7.62. The molecule has 0 saturated heterocycles. The molecule has 0 aliphatic carbocycles. The molecule has 1 heterocycles. The van der Waals surface area contributed by atoms with Gasteiger partial charge in [-0.25, -0.2) is 0 Å². The molecule has 0 unspecified atom stereocenters. The lowest BCUT2D eigenvalue weighted by Crippen LogP contribution is -2.36. The van der Waals surface area contributed by atoms with Crippen molar-refractivity contribution in [2.24, 2.45) is 0 Å². The van der Waals surface area contributed by atoms with E-state index in [4.69, 9.17) is 5.11 Å². The monoisotopic (exact) mass is 278 g/mol. The van der Waals surface area contributed by atoms with E-state index < -0.39 is 5.97 Å². The van der Waals surface area contributed by atoms with Gasteiger partial charge in [0.1, 0.15) is 0 Å². The largest absolute Gasteiger partial charge is 0.481 e. The third-order valence-electron chi connectivity index (χ3n) is 3.31. The van der Waals surface area contributed by atoms with Gasteiger partial charge >= 0.3 is 5.97 Å². The Morgan fingerprint density at radius 2 is 2.10 bits per heavy atom. The van der Waals surface area contributed by atoms with E-state index in [0.717, 1.165) is 11.3 Å². The van der Waals surface area contributed by atoms with Crippen LogP contribution < -0.4 is 0 Å². The minimum absolute atomic E-state index is 0.0218. The number of rotatable bonds is 7. The smallest absolute Gasteiger partial charge is 0.303 e. The molecule has 0 aliphatic rings. The first-order valence-electron chi connectivity index (χ1n) is 6.79. The molecule has 0 saturated carbocycles. The van der Waals surface area contributed by atoms with Gasteiger partial charge < -0.3 is 10.0 Å². The lowest BCUT2D eigenvalue weighted by atomic mass is 10.1. The summed E-state index contributed by atoms with van der Waals surface area (Å²) in [5.41, 5.74) is 2.11. The number of pyridine rings is 1. The number of hydrogen-bond donors (Lipinski definition) is 1. The Bertz CT molecular complexity index is 474. The van der Waals surface area contributed by atoms with Crippen LogP contribution in [-0.2, 0) is 16.0 Å².